The first-order chi connectivity index (χ1) is 33.1. The third-order valence-electron chi connectivity index (χ3n) is 14.1. The van der Waals surface area contributed by atoms with Gasteiger partial charge in [-0.05, 0) is 69.0 Å². The second kappa shape index (κ2) is 26.6. The minimum Gasteiger partial charge on any atom is -0.458 e. The number of aliphatic hydroxyl groups is 4. The standard InChI is InChI=1S/C53H77BrN2O13/c1-32(16-17-39(62-6)12-10-19-54)23-45(59)48-28-43(63-7)29-53(61,69-48)18-20-55-37(30-57)24-34(3)51-36(5)52-35(4)46(67-51)13-9-14-49-56-44(31-64-49)47-26-38(58)25-42(66-47)27-41-22-33(2)21-40(65-41)11-8-15-50(60)68-52/h8-10,14-17,19,23-24,31,35-43,45-48,51-52,55,57-59,61H,2,11-13,18,20-22,25-30H2,1,3-7H3/b14-9+,15-8-,17-16+,19-10+,32-23+,34-24+/t35-,36-,37?,38+,39-,40-,41+,42-,43-,45+,46+,47+,48-,51-,52+,53-/m1/s1. The van der Waals surface area contributed by atoms with Crippen LogP contribution in [0.4, 0.5) is 0 Å². The number of carbonyl (C=O) groups is 1. The fraction of sp³-hybridized carbons (Fsp3) is 0.660. The van der Waals surface area contributed by atoms with Gasteiger partial charge < -0.3 is 63.3 Å². The lowest BCUT2D eigenvalue weighted by atomic mass is 9.79. The molecule has 5 aliphatic heterocycles. The van der Waals surface area contributed by atoms with Crippen molar-refractivity contribution in [3.63, 3.8) is 0 Å². The highest BCUT2D eigenvalue weighted by Gasteiger charge is 2.45. The number of aliphatic hydroxyl groups excluding tert-OH is 3. The molecule has 0 aromatic carbocycles. The molecule has 4 fully saturated rings. The maximum atomic E-state index is 13.5. The minimum atomic E-state index is -1.60. The Morgan fingerprint density at radius 2 is 1.81 bits per heavy atom. The van der Waals surface area contributed by atoms with E-state index in [-0.39, 0.29) is 74.5 Å². The van der Waals surface area contributed by atoms with Crippen molar-refractivity contribution in [3.8, 4) is 0 Å². The summed E-state index contributed by atoms with van der Waals surface area (Å²) in [5.41, 5.74) is 3.36. The lowest BCUT2D eigenvalue weighted by Gasteiger charge is -2.44. The molecule has 5 aliphatic rings. The molecule has 6 rings (SSSR count). The molecule has 0 spiro atoms. The summed E-state index contributed by atoms with van der Waals surface area (Å²) in [6.45, 7) is 12.2. The summed E-state index contributed by atoms with van der Waals surface area (Å²) in [6.07, 6.45) is 18.4. The van der Waals surface area contributed by atoms with E-state index in [1.54, 1.807) is 37.6 Å². The third-order valence-corrected chi connectivity index (χ3v) is 14.4. The summed E-state index contributed by atoms with van der Waals surface area (Å²) < 4.78 is 49.3. The average molecular weight is 1030 g/mol. The second-order valence-electron chi connectivity index (χ2n) is 19.7. The van der Waals surface area contributed by atoms with Gasteiger partial charge in [0.2, 0.25) is 5.89 Å². The van der Waals surface area contributed by atoms with Crippen molar-refractivity contribution in [2.24, 2.45) is 11.8 Å². The number of nitrogens with one attached hydrogen (secondary N) is 1. The number of fused-ring (bicyclic) bond motifs is 9. The van der Waals surface area contributed by atoms with Gasteiger partial charge in [-0.1, -0.05) is 90.0 Å². The number of rotatable bonds is 15. The molecule has 15 nitrogen and oxygen atoms in total. The Bertz CT molecular complexity index is 2000. The molecule has 0 aliphatic carbocycles. The average Bonchev–Trinajstić information content (AvgIpc) is 3.79. The van der Waals surface area contributed by atoms with Crippen LogP contribution in [0.3, 0.4) is 0 Å². The molecule has 384 valence electrons. The third kappa shape index (κ3) is 16.2. The lowest BCUT2D eigenvalue weighted by Crippen LogP contribution is -2.52. The molecule has 16 atom stereocenters. The molecule has 0 radical (unpaired) electrons. The van der Waals surface area contributed by atoms with E-state index in [1.807, 2.05) is 64.2 Å². The Kier molecular flexibility index (Phi) is 21.2. The zero-order valence-corrected chi connectivity index (χ0v) is 42.8. The monoisotopic (exact) mass is 1030 g/mol. The predicted molar refractivity (Wildman–Crippen MR) is 265 cm³/mol. The smallest absolute Gasteiger partial charge is 0.330 e. The van der Waals surface area contributed by atoms with Crippen LogP contribution in [-0.2, 0) is 38.0 Å². The molecule has 1 unspecified atom stereocenters. The van der Waals surface area contributed by atoms with Crippen LogP contribution in [0, 0.1) is 11.8 Å². The SMILES string of the molecule is C=C1C[C@H]2C/C=C\C(=O)O[C@H]3[C@H](C)[C@H](C/C=C/c4nc(co4)[C@@H]4C[C@@H](O)C[C@H](C[C@H](C1)O2)O4)O[C@H](/C(C)=C/C(CO)NCC[C@]1(O)C[C@H](OC)C[C@H]([C@@H](O)/C=C(C)/C=C/[C@@H](C/C=C/Br)OC)O1)[C@H]3C. The highest BCUT2D eigenvalue weighted by Crippen LogP contribution is 2.39. The van der Waals surface area contributed by atoms with Gasteiger partial charge in [-0.2, -0.15) is 0 Å². The van der Waals surface area contributed by atoms with Gasteiger partial charge in [-0.25, -0.2) is 9.78 Å². The number of nitrogens with zero attached hydrogens (tertiary/aromatic N) is 1. The van der Waals surface area contributed by atoms with Crippen LogP contribution in [0.15, 0.2) is 87.6 Å². The van der Waals surface area contributed by atoms with Crippen LogP contribution in [0.1, 0.15) is 116 Å². The van der Waals surface area contributed by atoms with E-state index < -0.39 is 54.4 Å². The van der Waals surface area contributed by atoms with E-state index in [0.717, 1.165) is 16.7 Å². The van der Waals surface area contributed by atoms with Crippen molar-refractivity contribution in [2.45, 2.75) is 183 Å². The van der Waals surface area contributed by atoms with Gasteiger partial charge in [0.15, 0.2) is 5.79 Å². The summed E-state index contributed by atoms with van der Waals surface area (Å²) >= 11 is 3.28. The van der Waals surface area contributed by atoms with Crippen LogP contribution in [0.25, 0.3) is 6.08 Å². The quantitative estimate of drug-likeness (QED) is 0.0660. The van der Waals surface area contributed by atoms with Crippen LogP contribution in [0.2, 0.25) is 0 Å². The molecule has 1 aromatic heterocycles. The molecular weight excluding hydrogens is 952 g/mol. The van der Waals surface area contributed by atoms with Crippen molar-refractivity contribution in [1.29, 1.82) is 0 Å². The first-order valence-corrected chi connectivity index (χ1v) is 25.6. The van der Waals surface area contributed by atoms with Gasteiger partial charge in [0.05, 0.1) is 67.6 Å². The summed E-state index contributed by atoms with van der Waals surface area (Å²) in [5.74, 6) is -2.08. The minimum absolute atomic E-state index is 0.122. The molecule has 16 heteroatoms. The van der Waals surface area contributed by atoms with Crippen molar-refractivity contribution in [3.05, 3.63) is 94.7 Å². The Balaban J connectivity index is 1.14. The van der Waals surface area contributed by atoms with E-state index in [4.69, 9.17) is 42.6 Å². The highest BCUT2D eigenvalue weighted by molar-refractivity contribution is 9.11. The van der Waals surface area contributed by atoms with Gasteiger partial charge in [-0.15, -0.1) is 0 Å². The number of esters is 1. The van der Waals surface area contributed by atoms with Crippen molar-refractivity contribution in [2.75, 3.05) is 27.4 Å². The Morgan fingerprint density at radius 1 is 1.03 bits per heavy atom. The predicted octanol–water partition coefficient (Wildman–Crippen LogP) is 7.41. The first-order valence-electron chi connectivity index (χ1n) is 24.7. The Labute approximate surface area is 416 Å². The summed E-state index contributed by atoms with van der Waals surface area (Å²) in [5, 5.41) is 47.8. The number of halogens is 1. The van der Waals surface area contributed by atoms with Crippen LogP contribution in [-0.4, -0.2) is 138 Å². The molecule has 4 saturated heterocycles. The largest absolute Gasteiger partial charge is 0.458 e. The number of carbonyl (C=O) groups excluding carboxylic acids is 1. The molecule has 6 heterocycles. The second-order valence-corrected chi connectivity index (χ2v) is 20.2. The van der Waals surface area contributed by atoms with E-state index in [2.05, 4.69) is 27.8 Å². The fourth-order valence-electron chi connectivity index (χ4n) is 10.4. The fourth-order valence-corrected chi connectivity index (χ4v) is 10.6. The Morgan fingerprint density at radius 3 is 2.57 bits per heavy atom. The topological polar surface area (TPSA) is 201 Å². The zero-order chi connectivity index (χ0) is 49.7. The Hall–Kier alpha value is -3.10. The first kappa shape index (κ1) is 55.2. The molecule has 8 bridgehead atoms. The van der Waals surface area contributed by atoms with Gasteiger partial charge in [0, 0.05) is 76.8 Å². The van der Waals surface area contributed by atoms with Crippen molar-refractivity contribution >= 4 is 28.0 Å². The maximum absolute atomic E-state index is 13.5. The molecule has 0 saturated carbocycles. The van der Waals surface area contributed by atoms with Crippen molar-refractivity contribution < 1.29 is 62.8 Å². The molecule has 1 aromatic rings. The number of hydrogen-bond acceptors (Lipinski definition) is 15. The summed E-state index contributed by atoms with van der Waals surface area (Å²) in [4.78, 5) is 20.0. The number of methoxy groups -OCH3 is 2. The normalized spacial score (nSPS) is 36.6. The number of allylic oxidation sites excluding steroid dienone is 2. The molecule has 5 N–H and O–H groups in total. The van der Waals surface area contributed by atoms with Gasteiger partial charge in [-0.3, -0.25) is 0 Å². The van der Waals surface area contributed by atoms with Gasteiger partial charge in [0.1, 0.15) is 24.2 Å². The van der Waals surface area contributed by atoms with Gasteiger partial charge in [0.25, 0.3) is 0 Å². The maximum Gasteiger partial charge on any atom is 0.330 e. The molecule has 69 heavy (non-hydrogen) atoms. The van der Waals surface area contributed by atoms with E-state index in [1.165, 1.54) is 6.08 Å². The van der Waals surface area contributed by atoms with Crippen LogP contribution >= 0.6 is 15.9 Å². The van der Waals surface area contributed by atoms with E-state index in [9.17, 15) is 25.2 Å². The molecule has 0 amide bonds. The lowest BCUT2D eigenvalue weighted by molar-refractivity contribution is -0.287. The molecular formula is C53H77BrN2O13. The van der Waals surface area contributed by atoms with Crippen molar-refractivity contribution in [1.82, 2.24) is 10.3 Å². The van der Waals surface area contributed by atoms with Gasteiger partial charge >= 0.3 is 5.97 Å². The summed E-state index contributed by atoms with van der Waals surface area (Å²) in [6, 6.07) is -0.509. The number of aromatic nitrogens is 1. The van der Waals surface area contributed by atoms with Crippen LogP contribution < -0.4 is 5.32 Å². The number of hydrogen-bond donors (Lipinski definition) is 5. The highest BCUT2D eigenvalue weighted by atomic mass is 79.9. The zero-order valence-electron chi connectivity index (χ0n) is 41.2. The van der Waals surface area contributed by atoms with E-state index in [0.29, 0.717) is 69.4 Å². The van der Waals surface area contributed by atoms with Crippen LogP contribution in [0.5, 0.6) is 0 Å². The number of ether oxygens (including phenoxy) is 7. The summed E-state index contributed by atoms with van der Waals surface area (Å²) in [7, 11) is 3.23. The van der Waals surface area contributed by atoms with E-state index >= 15 is 0 Å². The number of oxazole rings is 1.